The molecule has 1 amide bonds. The topological polar surface area (TPSA) is 105 Å². The number of hydrogen-bond donors (Lipinski definition) is 2. The first kappa shape index (κ1) is 20.1. The van der Waals surface area contributed by atoms with Gasteiger partial charge in [-0.2, -0.15) is 4.31 Å². The molecule has 136 valence electrons. The van der Waals surface area contributed by atoms with Gasteiger partial charge >= 0.3 is 6.09 Å². The molecule has 0 spiro atoms. The summed E-state index contributed by atoms with van der Waals surface area (Å²) in [6.07, 6.45) is 0.744. The van der Waals surface area contributed by atoms with Gasteiger partial charge in [0.2, 0.25) is 10.0 Å². The number of alkyl carbamates (subject to hydrolysis) is 1. The summed E-state index contributed by atoms with van der Waals surface area (Å²) >= 11 is 0. The minimum absolute atomic E-state index is 0.0655. The van der Waals surface area contributed by atoms with Crippen molar-refractivity contribution in [2.45, 2.75) is 45.4 Å². The molecule has 8 nitrogen and oxygen atoms in total. The number of hydrogen-bond acceptors (Lipinski definition) is 6. The summed E-state index contributed by atoms with van der Waals surface area (Å²) in [5.74, 6) is 0. The summed E-state index contributed by atoms with van der Waals surface area (Å²) in [7, 11) is -3.16. The first-order chi connectivity index (χ1) is 10.4. The predicted octanol–water partition coefficient (Wildman–Crippen LogP) is -0.196. The summed E-state index contributed by atoms with van der Waals surface area (Å²) < 4.78 is 29.8. The minimum Gasteiger partial charge on any atom is -0.444 e. The second kappa shape index (κ2) is 7.78. The van der Waals surface area contributed by atoms with Crippen LogP contribution in [0.25, 0.3) is 0 Å². The number of sulfonamides is 1. The molecule has 0 saturated carbocycles. The van der Waals surface area contributed by atoms with E-state index in [9.17, 15) is 13.2 Å². The average molecular weight is 350 g/mol. The third kappa shape index (κ3) is 6.62. The smallest absolute Gasteiger partial charge is 0.407 e. The van der Waals surface area contributed by atoms with Gasteiger partial charge in [0.05, 0.1) is 6.26 Å². The maximum absolute atomic E-state index is 11.9. The second-order valence-corrected chi connectivity index (χ2v) is 8.92. The quantitative estimate of drug-likeness (QED) is 0.712. The van der Waals surface area contributed by atoms with Gasteiger partial charge in [0, 0.05) is 44.8 Å². The molecule has 0 aliphatic carbocycles. The highest BCUT2D eigenvalue weighted by molar-refractivity contribution is 7.88. The Morgan fingerprint density at radius 3 is 2.17 bits per heavy atom. The van der Waals surface area contributed by atoms with E-state index >= 15 is 0 Å². The minimum atomic E-state index is -3.16. The van der Waals surface area contributed by atoms with Crippen molar-refractivity contribution in [2.24, 2.45) is 5.73 Å². The van der Waals surface area contributed by atoms with Crippen LogP contribution in [-0.4, -0.2) is 80.4 Å². The first-order valence-corrected chi connectivity index (χ1v) is 9.67. The van der Waals surface area contributed by atoms with E-state index in [1.165, 1.54) is 10.6 Å². The van der Waals surface area contributed by atoms with Crippen LogP contribution in [-0.2, 0) is 14.8 Å². The number of nitrogens with one attached hydrogen (secondary N) is 1. The third-order valence-electron chi connectivity index (χ3n) is 3.77. The number of nitrogens with two attached hydrogens (primary N) is 1. The van der Waals surface area contributed by atoms with Gasteiger partial charge in [0.25, 0.3) is 0 Å². The lowest BCUT2D eigenvalue weighted by molar-refractivity contribution is 0.0455. The molecule has 1 saturated heterocycles. The van der Waals surface area contributed by atoms with E-state index in [1.807, 2.05) is 27.7 Å². The monoisotopic (exact) mass is 350 g/mol. The van der Waals surface area contributed by atoms with Crippen LogP contribution in [0.3, 0.4) is 0 Å². The van der Waals surface area contributed by atoms with Gasteiger partial charge in [-0.05, 0) is 27.7 Å². The highest BCUT2D eigenvalue weighted by Crippen LogP contribution is 2.12. The van der Waals surface area contributed by atoms with Gasteiger partial charge in [-0.15, -0.1) is 0 Å². The van der Waals surface area contributed by atoms with Crippen LogP contribution >= 0.6 is 0 Å². The Balaban J connectivity index is 2.58. The molecule has 9 heteroatoms. The van der Waals surface area contributed by atoms with Crippen LogP contribution in [0.2, 0.25) is 0 Å². The standard InChI is InChI=1S/C14H30N4O4S/c1-11(16-13(19)22-14(2,3)4)12(10-15)17-6-8-18(9-7-17)23(5,20)21/h11-12H,6-10,15H2,1-5H3,(H,16,19). The molecule has 2 atom stereocenters. The van der Waals surface area contributed by atoms with Crippen LogP contribution in [0.5, 0.6) is 0 Å². The van der Waals surface area contributed by atoms with E-state index in [0.29, 0.717) is 32.7 Å². The van der Waals surface area contributed by atoms with E-state index in [2.05, 4.69) is 10.2 Å². The number of piperazine rings is 1. The molecule has 0 aromatic carbocycles. The molecule has 1 rings (SSSR count). The number of rotatable bonds is 5. The average Bonchev–Trinajstić information content (AvgIpc) is 2.36. The van der Waals surface area contributed by atoms with Crippen molar-refractivity contribution in [3.8, 4) is 0 Å². The highest BCUT2D eigenvalue weighted by Gasteiger charge is 2.31. The lowest BCUT2D eigenvalue weighted by atomic mass is 10.1. The Morgan fingerprint density at radius 1 is 1.26 bits per heavy atom. The molecule has 3 N–H and O–H groups in total. The van der Waals surface area contributed by atoms with Crippen molar-refractivity contribution >= 4 is 16.1 Å². The molecular weight excluding hydrogens is 320 g/mol. The van der Waals surface area contributed by atoms with Crippen molar-refractivity contribution in [1.29, 1.82) is 0 Å². The van der Waals surface area contributed by atoms with Crippen molar-refractivity contribution in [3.63, 3.8) is 0 Å². The lowest BCUT2D eigenvalue weighted by Crippen LogP contribution is -2.59. The zero-order valence-electron chi connectivity index (χ0n) is 14.7. The Labute approximate surface area is 139 Å². The van der Waals surface area contributed by atoms with Crippen LogP contribution in [0, 0.1) is 0 Å². The van der Waals surface area contributed by atoms with Crippen molar-refractivity contribution in [1.82, 2.24) is 14.5 Å². The number of nitrogens with zero attached hydrogens (tertiary/aromatic N) is 2. The van der Waals surface area contributed by atoms with Crippen LogP contribution in [0.15, 0.2) is 0 Å². The number of amides is 1. The number of carbonyl (C=O) groups excluding carboxylic acids is 1. The summed E-state index contributed by atoms with van der Waals surface area (Å²) in [6, 6.07) is -0.260. The molecular formula is C14H30N4O4S. The maximum atomic E-state index is 11.9. The fourth-order valence-electron chi connectivity index (χ4n) is 2.63. The van der Waals surface area contributed by atoms with Gasteiger partial charge in [0.15, 0.2) is 0 Å². The molecule has 1 heterocycles. The fourth-order valence-corrected chi connectivity index (χ4v) is 3.45. The highest BCUT2D eigenvalue weighted by atomic mass is 32.2. The van der Waals surface area contributed by atoms with Gasteiger partial charge < -0.3 is 15.8 Å². The zero-order chi connectivity index (χ0) is 17.8. The van der Waals surface area contributed by atoms with Crippen molar-refractivity contribution < 1.29 is 17.9 Å². The van der Waals surface area contributed by atoms with Gasteiger partial charge in [0.1, 0.15) is 5.60 Å². The van der Waals surface area contributed by atoms with Gasteiger partial charge in [-0.3, -0.25) is 4.90 Å². The van der Waals surface area contributed by atoms with Gasteiger partial charge in [-0.25, -0.2) is 13.2 Å². The van der Waals surface area contributed by atoms with E-state index in [0.717, 1.165) is 0 Å². The molecule has 1 fully saturated rings. The van der Waals surface area contributed by atoms with Crippen LogP contribution < -0.4 is 11.1 Å². The molecule has 1 aliphatic heterocycles. The molecule has 1 aliphatic rings. The molecule has 0 aromatic rings. The van der Waals surface area contributed by atoms with E-state index in [4.69, 9.17) is 10.5 Å². The fraction of sp³-hybridized carbons (Fsp3) is 0.929. The van der Waals surface area contributed by atoms with E-state index in [-0.39, 0.29) is 12.1 Å². The van der Waals surface area contributed by atoms with E-state index in [1.54, 1.807) is 0 Å². The summed E-state index contributed by atoms with van der Waals surface area (Å²) in [6.45, 7) is 9.74. The van der Waals surface area contributed by atoms with E-state index < -0.39 is 21.7 Å². The second-order valence-electron chi connectivity index (χ2n) is 6.94. The molecule has 23 heavy (non-hydrogen) atoms. The predicted molar refractivity (Wildman–Crippen MR) is 89.7 cm³/mol. The summed E-state index contributed by atoms with van der Waals surface area (Å²) in [5, 5.41) is 2.81. The summed E-state index contributed by atoms with van der Waals surface area (Å²) in [5.41, 5.74) is 5.31. The SMILES string of the molecule is CC(NC(=O)OC(C)(C)C)C(CN)N1CCN(S(C)(=O)=O)CC1. The molecule has 0 radical (unpaired) electrons. The Morgan fingerprint density at radius 2 is 1.78 bits per heavy atom. The number of carbonyl (C=O) groups is 1. The molecule has 0 bridgehead atoms. The third-order valence-corrected chi connectivity index (χ3v) is 5.08. The van der Waals surface area contributed by atoms with Crippen LogP contribution in [0.4, 0.5) is 4.79 Å². The Bertz CT molecular complexity index is 495. The summed E-state index contributed by atoms with van der Waals surface area (Å²) in [4.78, 5) is 14.0. The molecule has 0 aromatic heterocycles. The molecule has 2 unspecified atom stereocenters. The largest absolute Gasteiger partial charge is 0.444 e. The number of ether oxygens (including phenoxy) is 1. The normalized spacial score (nSPS) is 20.8. The maximum Gasteiger partial charge on any atom is 0.407 e. The Hall–Kier alpha value is -0.900. The van der Waals surface area contributed by atoms with Crippen molar-refractivity contribution in [2.75, 3.05) is 39.0 Å². The van der Waals surface area contributed by atoms with Crippen LogP contribution in [0.1, 0.15) is 27.7 Å². The lowest BCUT2D eigenvalue weighted by Gasteiger charge is -2.40. The van der Waals surface area contributed by atoms with Crippen molar-refractivity contribution in [3.05, 3.63) is 0 Å². The van der Waals surface area contributed by atoms with Gasteiger partial charge in [-0.1, -0.05) is 0 Å². The Kier molecular flexibility index (Phi) is 6.81. The zero-order valence-corrected chi connectivity index (χ0v) is 15.5. The first-order valence-electron chi connectivity index (χ1n) is 7.83.